The Hall–Kier alpha value is -0.770. The highest BCUT2D eigenvalue weighted by Gasteiger charge is 2.20. The number of rotatable bonds is 3. The number of nitrogens with two attached hydrogens (primary N) is 1. The van der Waals surface area contributed by atoms with Gasteiger partial charge in [-0.3, -0.25) is 0 Å². The zero-order valence-corrected chi connectivity index (χ0v) is 9.58. The lowest BCUT2D eigenvalue weighted by atomic mass is 10.2. The Balaban J connectivity index is 2.29. The first-order valence-corrected chi connectivity index (χ1v) is 5.91. The Kier molecular flexibility index (Phi) is 5.47. The number of nitrogens with zero attached hydrogens (tertiary/aromatic N) is 1. The van der Waals surface area contributed by atoms with Crippen LogP contribution >= 0.6 is 0 Å². The summed E-state index contributed by atoms with van der Waals surface area (Å²) in [5.74, 6) is 0. The number of hydrogen-bond donors (Lipinski definition) is 1. The largest absolute Gasteiger partial charge is 0.449 e. The van der Waals surface area contributed by atoms with E-state index < -0.39 is 0 Å². The van der Waals surface area contributed by atoms with Gasteiger partial charge in [-0.05, 0) is 19.3 Å². The van der Waals surface area contributed by atoms with Gasteiger partial charge in [0.1, 0.15) is 0 Å². The molecule has 0 bridgehead atoms. The van der Waals surface area contributed by atoms with E-state index in [0.717, 1.165) is 38.6 Å². The Labute approximate surface area is 91.8 Å². The molecule has 88 valence electrons. The summed E-state index contributed by atoms with van der Waals surface area (Å²) in [5.41, 5.74) is 5.87. The van der Waals surface area contributed by atoms with Crippen molar-refractivity contribution in [1.82, 2.24) is 4.90 Å². The van der Waals surface area contributed by atoms with Gasteiger partial charge in [0, 0.05) is 19.1 Å². The maximum Gasteiger partial charge on any atom is 0.409 e. The molecule has 0 aromatic rings. The molecular weight excluding hydrogens is 192 g/mol. The number of ether oxygens (including phenoxy) is 1. The minimum atomic E-state index is -0.194. The summed E-state index contributed by atoms with van der Waals surface area (Å²) in [6.07, 6.45) is 4.95. The van der Waals surface area contributed by atoms with Gasteiger partial charge in [-0.1, -0.05) is 19.8 Å². The summed E-state index contributed by atoms with van der Waals surface area (Å²) in [6, 6.07) is 0.117. The van der Waals surface area contributed by atoms with Crippen molar-refractivity contribution in [2.45, 2.75) is 45.1 Å². The van der Waals surface area contributed by atoms with Gasteiger partial charge in [0.05, 0.1) is 6.61 Å². The maximum atomic E-state index is 11.6. The summed E-state index contributed by atoms with van der Waals surface area (Å²) >= 11 is 0. The fourth-order valence-corrected chi connectivity index (χ4v) is 1.74. The Morgan fingerprint density at radius 2 is 2.33 bits per heavy atom. The van der Waals surface area contributed by atoms with Crippen molar-refractivity contribution in [3.05, 3.63) is 0 Å². The van der Waals surface area contributed by atoms with Crippen LogP contribution in [0.5, 0.6) is 0 Å². The van der Waals surface area contributed by atoms with Gasteiger partial charge in [0.2, 0.25) is 0 Å². The first-order chi connectivity index (χ1) is 7.24. The van der Waals surface area contributed by atoms with Crippen molar-refractivity contribution in [3.63, 3.8) is 0 Å². The number of carbonyl (C=O) groups is 1. The van der Waals surface area contributed by atoms with Crippen LogP contribution in [0, 0.1) is 0 Å². The molecule has 1 aliphatic heterocycles. The molecule has 1 atom stereocenters. The van der Waals surface area contributed by atoms with Crippen LogP contribution in [-0.2, 0) is 4.74 Å². The number of hydrogen-bond acceptors (Lipinski definition) is 3. The van der Waals surface area contributed by atoms with Crippen molar-refractivity contribution in [2.24, 2.45) is 5.73 Å². The molecule has 1 saturated heterocycles. The second-order valence-electron chi connectivity index (χ2n) is 4.17. The van der Waals surface area contributed by atoms with Crippen LogP contribution in [0.4, 0.5) is 4.79 Å². The van der Waals surface area contributed by atoms with Crippen LogP contribution in [0.3, 0.4) is 0 Å². The van der Waals surface area contributed by atoms with Gasteiger partial charge in [-0.2, -0.15) is 0 Å². The standard InChI is InChI=1S/C11H22N2O2/c1-2-3-8-15-11(14)13-7-5-4-6-10(12)9-13/h10H,2-9,12H2,1H3/t10-/m0/s1. The molecule has 0 radical (unpaired) electrons. The summed E-state index contributed by atoms with van der Waals surface area (Å²) in [6.45, 7) is 4.04. The number of carbonyl (C=O) groups excluding carboxylic acids is 1. The summed E-state index contributed by atoms with van der Waals surface area (Å²) in [5, 5.41) is 0. The van der Waals surface area contributed by atoms with Crippen LogP contribution in [0.25, 0.3) is 0 Å². The zero-order chi connectivity index (χ0) is 11.1. The van der Waals surface area contributed by atoms with Crippen molar-refractivity contribution < 1.29 is 9.53 Å². The SMILES string of the molecule is CCCCOC(=O)N1CCCC[C@H](N)C1. The highest BCUT2D eigenvalue weighted by Crippen LogP contribution is 2.10. The molecule has 4 nitrogen and oxygen atoms in total. The van der Waals surface area contributed by atoms with E-state index in [1.54, 1.807) is 4.90 Å². The van der Waals surface area contributed by atoms with Gasteiger partial charge >= 0.3 is 6.09 Å². The lowest BCUT2D eigenvalue weighted by Gasteiger charge is -2.21. The molecule has 1 rings (SSSR count). The number of unbranched alkanes of at least 4 members (excludes halogenated alkanes) is 1. The van der Waals surface area contributed by atoms with Crippen molar-refractivity contribution in [1.29, 1.82) is 0 Å². The van der Waals surface area contributed by atoms with Gasteiger partial charge in [-0.25, -0.2) is 4.79 Å². The van der Waals surface area contributed by atoms with Crippen LogP contribution in [0.2, 0.25) is 0 Å². The van der Waals surface area contributed by atoms with E-state index in [1.165, 1.54) is 0 Å². The van der Waals surface area contributed by atoms with Crippen molar-refractivity contribution in [2.75, 3.05) is 19.7 Å². The molecule has 0 saturated carbocycles. The summed E-state index contributed by atoms with van der Waals surface area (Å²) < 4.78 is 5.16. The molecule has 1 heterocycles. The molecule has 1 amide bonds. The van der Waals surface area contributed by atoms with E-state index >= 15 is 0 Å². The lowest BCUT2D eigenvalue weighted by molar-refractivity contribution is 0.101. The Morgan fingerprint density at radius 1 is 1.53 bits per heavy atom. The van der Waals surface area contributed by atoms with Crippen LogP contribution < -0.4 is 5.73 Å². The molecule has 0 aromatic heterocycles. The molecular formula is C11H22N2O2. The first-order valence-electron chi connectivity index (χ1n) is 5.91. The van der Waals surface area contributed by atoms with Gasteiger partial charge in [0.25, 0.3) is 0 Å². The second kappa shape index (κ2) is 6.67. The Bertz CT molecular complexity index is 197. The zero-order valence-electron chi connectivity index (χ0n) is 9.58. The average molecular weight is 214 g/mol. The summed E-state index contributed by atoms with van der Waals surface area (Å²) in [4.78, 5) is 13.4. The van der Waals surface area contributed by atoms with E-state index in [4.69, 9.17) is 10.5 Å². The minimum Gasteiger partial charge on any atom is -0.449 e. The molecule has 2 N–H and O–H groups in total. The third-order valence-corrected chi connectivity index (χ3v) is 2.69. The molecule has 0 spiro atoms. The highest BCUT2D eigenvalue weighted by molar-refractivity contribution is 5.67. The maximum absolute atomic E-state index is 11.6. The van der Waals surface area contributed by atoms with E-state index in [2.05, 4.69) is 6.92 Å². The number of amides is 1. The molecule has 0 unspecified atom stereocenters. The molecule has 0 aromatic carbocycles. The normalized spacial score (nSPS) is 22.3. The highest BCUT2D eigenvalue weighted by atomic mass is 16.6. The lowest BCUT2D eigenvalue weighted by Crippen LogP contribution is -2.40. The summed E-state index contributed by atoms with van der Waals surface area (Å²) in [7, 11) is 0. The quantitative estimate of drug-likeness (QED) is 0.728. The van der Waals surface area contributed by atoms with E-state index in [9.17, 15) is 4.79 Å². The Morgan fingerprint density at radius 3 is 3.07 bits per heavy atom. The third-order valence-electron chi connectivity index (χ3n) is 2.69. The minimum absolute atomic E-state index is 0.117. The fourth-order valence-electron chi connectivity index (χ4n) is 1.74. The van der Waals surface area contributed by atoms with Crippen LogP contribution in [0.1, 0.15) is 39.0 Å². The first kappa shape index (κ1) is 12.3. The topological polar surface area (TPSA) is 55.6 Å². The molecule has 1 fully saturated rings. The van der Waals surface area contributed by atoms with Gasteiger partial charge in [0.15, 0.2) is 0 Å². The molecule has 1 aliphatic rings. The monoisotopic (exact) mass is 214 g/mol. The van der Waals surface area contributed by atoms with Crippen molar-refractivity contribution in [3.8, 4) is 0 Å². The van der Waals surface area contributed by atoms with E-state index in [-0.39, 0.29) is 12.1 Å². The van der Waals surface area contributed by atoms with Gasteiger partial charge in [-0.15, -0.1) is 0 Å². The van der Waals surface area contributed by atoms with E-state index in [0.29, 0.717) is 13.2 Å². The fraction of sp³-hybridized carbons (Fsp3) is 0.909. The smallest absolute Gasteiger partial charge is 0.409 e. The molecule has 4 heteroatoms. The predicted octanol–water partition coefficient (Wildman–Crippen LogP) is 1.74. The molecule has 0 aliphatic carbocycles. The van der Waals surface area contributed by atoms with Gasteiger partial charge < -0.3 is 15.4 Å². The molecule has 15 heavy (non-hydrogen) atoms. The van der Waals surface area contributed by atoms with Crippen LogP contribution in [0.15, 0.2) is 0 Å². The number of likely N-dealkylation sites (tertiary alicyclic amines) is 1. The average Bonchev–Trinajstić information content (AvgIpc) is 2.43. The van der Waals surface area contributed by atoms with Crippen molar-refractivity contribution >= 4 is 6.09 Å². The second-order valence-corrected chi connectivity index (χ2v) is 4.17. The predicted molar refractivity (Wildman–Crippen MR) is 59.7 cm³/mol. The third kappa shape index (κ3) is 4.51. The van der Waals surface area contributed by atoms with Crippen LogP contribution in [-0.4, -0.2) is 36.7 Å². The van der Waals surface area contributed by atoms with E-state index in [1.807, 2.05) is 0 Å².